The molecule has 0 bridgehead atoms. The topological polar surface area (TPSA) is 123 Å². The van der Waals surface area contributed by atoms with Gasteiger partial charge in [-0.1, -0.05) is 0 Å². The maximum Gasteiger partial charge on any atom is 0.368 e. The molecule has 4 N–H and O–H groups in total. The highest BCUT2D eigenvalue weighted by molar-refractivity contribution is 5.19. The van der Waals surface area contributed by atoms with Gasteiger partial charge >= 0.3 is 5.69 Å². The van der Waals surface area contributed by atoms with E-state index in [1.54, 1.807) is 0 Å². The van der Waals surface area contributed by atoms with Crippen molar-refractivity contribution in [1.29, 1.82) is 0 Å². The molecule has 9 heteroatoms. The third-order valence-corrected chi connectivity index (χ3v) is 2.88. The van der Waals surface area contributed by atoms with E-state index < -0.39 is 36.4 Å². The number of aromatic nitrogens is 3. The van der Waals surface area contributed by atoms with Crippen LogP contribution in [0.1, 0.15) is 13.2 Å². The third-order valence-electron chi connectivity index (χ3n) is 2.88. The van der Waals surface area contributed by atoms with Crippen molar-refractivity contribution in [3.8, 4) is 0 Å². The van der Waals surface area contributed by atoms with Crippen LogP contribution >= 0.6 is 0 Å². The number of nitrogen functional groups attached to an aromatic ring is 1. The zero-order valence-electron chi connectivity index (χ0n) is 9.52. The summed E-state index contributed by atoms with van der Waals surface area (Å²) in [4.78, 5) is 14.9. The number of nitrogens with zero attached hydrogens (tertiary/aromatic N) is 3. The smallest absolute Gasteiger partial charge is 0.368 e. The molecule has 1 saturated heterocycles. The number of hydrogen-bond acceptors (Lipinski definition) is 7. The lowest BCUT2D eigenvalue weighted by Gasteiger charge is -2.24. The fraction of sp³-hybridized carbons (Fsp3) is 0.667. The lowest BCUT2D eigenvalue weighted by molar-refractivity contribution is -0.120. The standard InChI is InChI=1S/C9H13FN4O4/c1-9(3-15)6(16)5(10)7(18-9)14-8(17)13-4(11)2-12-14/h2,5-7,15-16H,3H2,1H3,(H2,11,13,17). The van der Waals surface area contributed by atoms with E-state index in [4.69, 9.17) is 15.6 Å². The predicted octanol–water partition coefficient (Wildman–Crippen LogP) is -1.80. The van der Waals surface area contributed by atoms with E-state index in [1.807, 2.05) is 0 Å². The number of aliphatic hydroxyl groups excluding tert-OH is 2. The van der Waals surface area contributed by atoms with Gasteiger partial charge in [0.25, 0.3) is 0 Å². The van der Waals surface area contributed by atoms with E-state index >= 15 is 0 Å². The average molecular weight is 260 g/mol. The molecule has 0 amide bonds. The monoisotopic (exact) mass is 260 g/mol. The molecule has 4 atom stereocenters. The average Bonchev–Trinajstić information content (AvgIpc) is 2.55. The first-order chi connectivity index (χ1) is 8.39. The molecule has 0 aliphatic carbocycles. The van der Waals surface area contributed by atoms with Crippen LogP contribution in [0.2, 0.25) is 0 Å². The van der Waals surface area contributed by atoms with Crippen molar-refractivity contribution in [2.75, 3.05) is 12.3 Å². The molecular weight excluding hydrogens is 247 g/mol. The van der Waals surface area contributed by atoms with Crippen LogP contribution in [0.4, 0.5) is 10.2 Å². The number of aliphatic hydroxyl groups is 2. The number of halogens is 1. The summed E-state index contributed by atoms with van der Waals surface area (Å²) < 4.78 is 19.7. The second-order valence-corrected chi connectivity index (χ2v) is 4.28. The molecule has 1 aliphatic rings. The summed E-state index contributed by atoms with van der Waals surface area (Å²) in [7, 11) is 0. The van der Waals surface area contributed by atoms with Crippen LogP contribution in [0.15, 0.2) is 11.0 Å². The minimum absolute atomic E-state index is 0.102. The van der Waals surface area contributed by atoms with Crippen molar-refractivity contribution in [3.05, 3.63) is 16.7 Å². The van der Waals surface area contributed by atoms with Gasteiger partial charge in [-0.05, 0) is 6.92 Å². The van der Waals surface area contributed by atoms with Crippen molar-refractivity contribution >= 4 is 5.82 Å². The maximum atomic E-state index is 13.9. The Bertz CT molecular complexity index is 510. The zero-order chi connectivity index (χ0) is 13.5. The van der Waals surface area contributed by atoms with Crippen LogP contribution in [0, 0.1) is 0 Å². The van der Waals surface area contributed by atoms with Crippen molar-refractivity contribution < 1.29 is 19.3 Å². The second-order valence-electron chi connectivity index (χ2n) is 4.28. The molecule has 1 aromatic heterocycles. The molecule has 18 heavy (non-hydrogen) atoms. The number of alkyl halides is 1. The Labute approximate surface area is 101 Å². The molecule has 1 aliphatic heterocycles. The fourth-order valence-electron chi connectivity index (χ4n) is 1.75. The molecule has 2 heterocycles. The van der Waals surface area contributed by atoms with E-state index in [2.05, 4.69) is 10.1 Å². The van der Waals surface area contributed by atoms with Gasteiger partial charge < -0.3 is 20.7 Å². The molecular formula is C9H13FN4O4. The molecule has 4 unspecified atom stereocenters. The minimum Gasteiger partial charge on any atom is -0.393 e. The van der Waals surface area contributed by atoms with Crippen LogP contribution in [-0.4, -0.2) is 49.5 Å². The molecule has 0 radical (unpaired) electrons. The molecule has 8 nitrogen and oxygen atoms in total. The summed E-state index contributed by atoms with van der Waals surface area (Å²) in [5.41, 5.74) is 2.87. The van der Waals surface area contributed by atoms with Crippen molar-refractivity contribution in [1.82, 2.24) is 14.8 Å². The number of hydrogen-bond donors (Lipinski definition) is 3. The molecule has 1 aromatic rings. The van der Waals surface area contributed by atoms with E-state index in [-0.39, 0.29) is 5.82 Å². The normalized spacial score (nSPS) is 35.9. The van der Waals surface area contributed by atoms with Gasteiger partial charge in [0.15, 0.2) is 12.4 Å². The first kappa shape index (κ1) is 12.9. The molecule has 0 spiro atoms. The highest BCUT2D eigenvalue weighted by Crippen LogP contribution is 2.37. The Morgan fingerprint density at radius 3 is 2.89 bits per heavy atom. The zero-order valence-corrected chi connectivity index (χ0v) is 9.52. The Kier molecular flexibility index (Phi) is 3.05. The minimum atomic E-state index is -1.90. The Morgan fingerprint density at radius 1 is 1.72 bits per heavy atom. The van der Waals surface area contributed by atoms with Crippen LogP contribution in [-0.2, 0) is 4.74 Å². The van der Waals surface area contributed by atoms with Crippen LogP contribution < -0.4 is 11.4 Å². The van der Waals surface area contributed by atoms with Crippen LogP contribution in [0.25, 0.3) is 0 Å². The SMILES string of the molecule is CC1(CO)OC(n2ncc(N)nc2=O)C(F)C1O. The second kappa shape index (κ2) is 4.26. The Morgan fingerprint density at radius 2 is 2.39 bits per heavy atom. The largest absolute Gasteiger partial charge is 0.393 e. The number of rotatable bonds is 2. The summed E-state index contributed by atoms with van der Waals surface area (Å²) in [5, 5.41) is 22.3. The summed E-state index contributed by atoms with van der Waals surface area (Å²) in [5.74, 6) is -0.102. The van der Waals surface area contributed by atoms with Crippen molar-refractivity contribution in [3.63, 3.8) is 0 Å². The molecule has 100 valence electrons. The number of ether oxygens (including phenoxy) is 1. The predicted molar refractivity (Wildman–Crippen MR) is 57.2 cm³/mol. The fourth-order valence-corrected chi connectivity index (χ4v) is 1.75. The molecule has 1 fully saturated rings. The summed E-state index contributed by atoms with van der Waals surface area (Å²) in [6.07, 6.45) is -3.85. The number of anilines is 1. The van der Waals surface area contributed by atoms with Gasteiger partial charge in [0.05, 0.1) is 12.8 Å². The molecule has 0 aromatic carbocycles. The van der Waals surface area contributed by atoms with Crippen molar-refractivity contribution in [2.24, 2.45) is 0 Å². The van der Waals surface area contributed by atoms with E-state index in [0.717, 1.165) is 6.20 Å². The summed E-state index contributed by atoms with van der Waals surface area (Å²) in [6.45, 7) is 0.738. The van der Waals surface area contributed by atoms with E-state index in [9.17, 15) is 14.3 Å². The Balaban J connectivity index is 2.38. The molecule has 2 rings (SSSR count). The highest BCUT2D eigenvalue weighted by atomic mass is 19.1. The lowest BCUT2D eigenvalue weighted by Crippen LogP contribution is -2.42. The van der Waals surface area contributed by atoms with Gasteiger partial charge in [-0.15, -0.1) is 0 Å². The number of nitrogens with two attached hydrogens (primary N) is 1. The lowest BCUT2D eigenvalue weighted by atomic mass is 9.99. The summed E-state index contributed by atoms with van der Waals surface area (Å²) >= 11 is 0. The Hall–Kier alpha value is -1.58. The van der Waals surface area contributed by atoms with Gasteiger partial charge in [0.2, 0.25) is 0 Å². The first-order valence-corrected chi connectivity index (χ1v) is 5.21. The van der Waals surface area contributed by atoms with Gasteiger partial charge in [-0.2, -0.15) is 14.8 Å². The maximum absolute atomic E-state index is 13.9. The molecule has 0 saturated carbocycles. The van der Waals surface area contributed by atoms with Crippen molar-refractivity contribution in [2.45, 2.75) is 31.0 Å². The quantitative estimate of drug-likeness (QED) is 0.573. The van der Waals surface area contributed by atoms with E-state index in [0.29, 0.717) is 4.68 Å². The van der Waals surface area contributed by atoms with Crippen LogP contribution in [0.5, 0.6) is 0 Å². The summed E-state index contributed by atoms with van der Waals surface area (Å²) in [6, 6.07) is 0. The van der Waals surface area contributed by atoms with Gasteiger partial charge in [0.1, 0.15) is 17.5 Å². The van der Waals surface area contributed by atoms with Gasteiger partial charge in [-0.25, -0.2) is 9.18 Å². The third kappa shape index (κ3) is 1.85. The van der Waals surface area contributed by atoms with Gasteiger partial charge in [-0.3, -0.25) is 0 Å². The first-order valence-electron chi connectivity index (χ1n) is 5.21. The van der Waals surface area contributed by atoms with E-state index in [1.165, 1.54) is 6.92 Å². The van der Waals surface area contributed by atoms with Crippen LogP contribution in [0.3, 0.4) is 0 Å². The highest BCUT2D eigenvalue weighted by Gasteiger charge is 2.53. The van der Waals surface area contributed by atoms with Gasteiger partial charge in [0, 0.05) is 0 Å².